The minimum absolute atomic E-state index is 0.176. The van der Waals surface area contributed by atoms with Crippen LogP contribution in [0.5, 0.6) is 0 Å². The Morgan fingerprint density at radius 2 is 1.56 bits per heavy atom. The summed E-state index contributed by atoms with van der Waals surface area (Å²) in [4.78, 5) is 35.0. The Kier molecular flexibility index (Phi) is 13.0. The third-order valence-electron chi connectivity index (χ3n) is 7.78. The first kappa shape index (κ1) is 37.5. The van der Waals surface area contributed by atoms with Gasteiger partial charge in [0.15, 0.2) is 0 Å². The van der Waals surface area contributed by atoms with Gasteiger partial charge < -0.3 is 25.0 Å². The molecule has 0 saturated carbocycles. The molecule has 0 bridgehead atoms. The predicted molar refractivity (Wildman–Crippen MR) is 150 cm³/mol. The fourth-order valence-electron chi connectivity index (χ4n) is 5.49. The fourth-order valence-corrected chi connectivity index (χ4v) is 5.49. The van der Waals surface area contributed by atoms with Crippen molar-refractivity contribution >= 4 is 17.8 Å². The van der Waals surface area contributed by atoms with Gasteiger partial charge in [-0.05, 0) is 82.8 Å². The van der Waals surface area contributed by atoms with Gasteiger partial charge in [-0.3, -0.25) is 9.69 Å². The molecule has 1 aromatic carbocycles. The van der Waals surface area contributed by atoms with Crippen LogP contribution in [0.1, 0.15) is 59.7 Å². The molecule has 1 amide bonds. The van der Waals surface area contributed by atoms with E-state index in [1.165, 1.54) is 16.7 Å². The molecule has 10 nitrogen and oxygen atoms in total. The van der Waals surface area contributed by atoms with Gasteiger partial charge in [0.1, 0.15) is 5.76 Å². The normalized spacial score (nSPS) is 17.5. The second-order valence-corrected chi connectivity index (χ2v) is 11.3. The third kappa shape index (κ3) is 11.0. The Bertz CT molecular complexity index is 1260. The molecule has 3 N–H and O–H groups in total. The fraction of sp³-hybridized carbons (Fsp3) is 0.586. The Hall–Kier alpha value is -3.66. The van der Waals surface area contributed by atoms with Crippen molar-refractivity contribution in [1.82, 2.24) is 20.3 Å². The van der Waals surface area contributed by atoms with Crippen LogP contribution in [0, 0.1) is 13.8 Å². The predicted octanol–water partition coefficient (Wildman–Crippen LogP) is 4.65. The summed E-state index contributed by atoms with van der Waals surface area (Å²) in [6.45, 7) is 8.66. The molecule has 1 saturated heterocycles. The molecule has 1 atom stereocenters. The second-order valence-electron chi connectivity index (χ2n) is 11.3. The van der Waals surface area contributed by atoms with Crippen LogP contribution in [0.2, 0.25) is 0 Å². The molecular formula is C29H38F6N4O6. The highest BCUT2D eigenvalue weighted by Crippen LogP contribution is 2.52. The topological polar surface area (TPSA) is 136 Å². The van der Waals surface area contributed by atoms with Crippen molar-refractivity contribution in [3.8, 4) is 0 Å². The van der Waals surface area contributed by atoms with Crippen LogP contribution < -0.4 is 5.32 Å². The zero-order chi connectivity index (χ0) is 34.2. The minimum Gasteiger partial charge on any atom is -0.475 e. The monoisotopic (exact) mass is 652 g/mol. The number of alkyl halides is 6. The first-order valence-corrected chi connectivity index (χ1v) is 14.0. The summed E-state index contributed by atoms with van der Waals surface area (Å²) in [5.41, 5.74) is 5.32. The highest BCUT2D eigenvalue weighted by atomic mass is 19.4. The number of nitrogens with zero attached hydrogens (tertiary/aromatic N) is 3. The number of nitrogens with one attached hydrogen (secondary N) is 1. The molecule has 1 aliphatic heterocycles. The molecular weight excluding hydrogens is 614 g/mol. The molecule has 45 heavy (non-hydrogen) atoms. The average molecular weight is 653 g/mol. The Morgan fingerprint density at radius 1 is 1.02 bits per heavy atom. The van der Waals surface area contributed by atoms with Crippen LogP contribution in [-0.2, 0) is 26.3 Å². The van der Waals surface area contributed by atoms with Crippen LogP contribution in [0.15, 0.2) is 28.8 Å². The summed E-state index contributed by atoms with van der Waals surface area (Å²) >= 11 is 0. The first-order valence-electron chi connectivity index (χ1n) is 14.0. The van der Waals surface area contributed by atoms with Gasteiger partial charge in [0.25, 0.3) is 0 Å². The largest absolute Gasteiger partial charge is 0.490 e. The smallest absolute Gasteiger partial charge is 0.475 e. The summed E-state index contributed by atoms with van der Waals surface area (Å²) in [6.07, 6.45) is -6.19. The molecule has 1 aromatic heterocycles. The molecule has 2 aliphatic rings. The lowest BCUT2D eigenvalue weighted by Crippen LogP contribution is -2.41. The highest BCUT2D eigenvalue weighted by Gasteiger charge is 2.45. The van der Waals surface area contributed by atoms with E-state index in [0.717, 1.165) is 56.9 Å². The van der Waals surface area contributed by atoms with Gasteiger partial charge in [0.05, 0.1) is 5.69 Å². The summed E-state index contributed by atoms with van der Waals surface area (Å²) in [5.74, 6) is -4.08. The van der Waals surface area contributed by atoms with E-state index in [-0.39, 0.29) is 11.3 Å². The maximum Gasteiger partial charge on any atom is 0.490 e. The van der Waals surface area contributed by atoms with E-state index in [9.17, 15) is 31.1 Å². The minimum atomic E-state index is -5.08. The molecule has 1 fully saturated rings. The number of piperidine rings is 1. The van der Waals surface area contributed by atoms with Crippen molar-refractivity contribution in [1.29, 1.82) is 0 Å². The van der Waals surface area contributed by atoms with E-state index in [2.05, 4.69) is 44.5 Å². The van der Waals surface area contributed by atoms with Crippen LogP contribution in [-0.4, -0.2) is 95.6 Å². The van der Waals surface area contributed by atoms with Crippen LogP contribution in [0.4, 0.5) is 26.3 Å². The molecule has 16 heteroatoms. The number of hydrogen-bond donors (Lipinski definition) is 3. The second kappa shape index (κ2) is 15.6. The van der Waals surface area contributed by atoms with E-state index in [0.29, 0.717) is 18.9 Å². The number of halogens is 6. The lowest BCUT2D eigenvalue weighted by Gasteiger charge is -2.40. The Morgan fingerprint density at radius 3 is 2.02 bits per heavy atom. The highest BCUT2D eigenvalue weighted by molar-refractivity contribution is 5.77. The van der Waals surface area contributed by atoms with E-state index in [1.807, 2.05) is 27.9 Å². The third-order valence-corrected chi connectivity index (χ3v) is 7.78. The van der Waals surface area contributed by atoms with Crippen molar-refractivity contribution in [2.24, 2.45) is 0 Å². The maximum atomic E-state index is 12.6. The van der Waals surface area contributed by atoms with Crippen molar-refractivity contribution in [2.75, 3.05) is 40.3 Å². The van der Waals surface area contributed by atoms with Gasteiger partial charge in [-0.1, -0.05) is 29.4 Å². The number of hydrogen-bond acceptors (Lipinski definition) is 7. The molecule has 0 radical (unpaired) electrons. The number of aryl methyl sites for hydroxylation is 2. The number of likely N-dealkylation sites (N-methyl/N-ethyl adjacent to an activating group) is 1. The zero-order valence-corrected chi connectivity index (χ0v) is 25.4. The molecule has 252 valence electrons. The zero-order valence-electron chi connectivity index (χ0n) is 25.4. The van der Waals surface area contributed by atoms with Gasteiger partial charge in [-0.25, -0.2) is 9.59 Å². The number of benzene rings is 1. The number of carboxylic acids is 2. The van der Waals surface area contributed by atoms with Crippen molar-refractivity contribution in [2.45, 2.75) is 69.8 Å². The average Bonchev–Trinajstić information content (AvgIpc) is 3.41. The molecule has 2 heterocycles. The van der Waals surface area contributed by atoms with Gasteiger partial charge in [-0.2, -0.15) is 26.3 Å². The number of carbonyl (C=O) groups excluding carboxylic acids is 1. The number of carbonyl (C=O) groups is 3. The summed E-state index contributed by atoms with van der Waals surface area (Å²) < 4.78 is 68.8. The maximum absolute atomic E-state index is 12.6. The molecule has 1 unspecified atom stereocenters. The quantitative estimate of drug-likeness (QED) is 0.366. The van der Waals surface area contributed by atoms with Gasteiger partial charge in [-0.15, -0.1) is 0 Å². The van der Waals surface area contributed by atoms with Crippen molar-refractivity contribution < 1.29 is 55.5 Å². The van der Waals surface area contributed by atoms with Crippen LogP contribution >= 0.6 is 0 Å². The van der Waals surface area contributed by atoms with E-state index in [1.54, 1.807) is 0 Å². The summed E-state index contributed by atoms with van der Waals surface area (Å²) in [5, 5.41) is 21.5. The van der Waals surface area contributed by atoms with Crippen molar-refractivity contribution in [3.63, 3.8) is 0 Å². The van der Waals surface area contributed by atoms with E-state index in [4.69, 9.17) is 24.3 Å². The number of aromatic nitrogens is 1. The molecule has 2 aromatic rings. The number of likely N-dealkylation sites (tertiary alicyclic amines) is 1. The molecule has 1 aliphatic carbocycles. The Balaban J connectivity index is 0.000000421. The van der Waals surface area contributed by atoms with Gasteiger partial charge in [0.2, 0.25) is 5.91 Å². The SMILES string of the molecule is Cc1noc(C)c1CN1CCC2(CC1)CC(CC(=O)NCCN(C)C)c1ccccc12.O=C(O)C(F)(F)F.O=C(O)C(F)(F)F. The summed E-state index contributed by atoms with van der Waals surface area (Å²) in [6, 6.07) is 8.85. The number of rotatable bonds is 7. The number of aliphatic carboxylic acids is 2. The lowest BCUT2D eigenvalue weighted by atomic mass is 9.73. The summed E-state index contributed by atoms with van der Waals surface area (Å²) in [7, 11) is 4.06. The molecule has 4 rings (SSSR count). The first-order chi connectivity index (χ1) is 20.8. The van der Waals surface area contributed by atoms with Crippen LogP contribution in [0.25, 0.3) is 0 Å². The van der Waals surface area contributed by atoms with E-state index < -0.39 is 24.3 Å². The van der Waals surface area contributed by atoms with E-state index >= 15 is 0 Å². The Labute approximate surface area is 256 Å². The standard InChI is InChI=1S/C25H36N4O2.2C2HF3O2/c1-18-22(19(2)31-27-18)17-29-12-9-25(10-13-29)16-20(21-7-5-6-8-23(21)25)15-24(30)26-11-14-28(3)4;2*3-2(4,5)1(6)7/h5-8,20H,9-17H2,1-4H3,(H,26,30);2*(H,6,7). The van der Waals surface area contributed by atoms with Gasteiger partial charge >= 0.3 is 24.3 Å². The van der Waals surface area contributed by atoms with Gasteiger partial charge in [0, 0.05) is 31.6 Å². The van der Waals surface area contributed by atoms with Crippen LogP contribution in [0.3, 0.4) is 0 Å². The van der Waals surface area contributed by atoms with Crippen molar-refractivity contribution in [3.05, 3.63) is 52.4 Å². The number of fused-ring (bicyclic) bond motifs is 2. The number of amides is 1. The molecule has 1 spiro atoms. The lowest BCUT2D eigenvalue weighted by molar-refractivity contribution is -0.193. The number of carboxylic acid groups (broad SMARTS) is 2.